The largest absolute Gasteiger partial charge is 0.475 e. The normalized spacial score (nSPS) is 9.44. The van der Waals surface area contributed by atoms with Gasteiger partial charge in [0.25, 0.3) is 0 Å². The van der Waals surface area contributed by atoms with E-state index in [4.69, 9.17) is 5.11 Å². The molecule has 1 aromatic heterocycles. The summed E-state index contributed by atoms with van der Waals surface area (Å²) in [4.78, 5) is 13.7. The number of carboxylic acid groups (broad SMARTS) is 1. The lowest BCUT2D eigenvalue weighted by atomic mass is 10.6. The molecule has 0 bridgehead atoms. The summed E-state index contributed by atoms with van der Waals surface area (Å²) in [6.45, 7) is 0. The quantitative estimate of drug-likeness (QED) is 0.571. The molecular formula is C5H5N2O2. The number of carbonyl (C=O) groups is 1. The first-order chi connectivity index (χ1) is 4.22. The van der Waals surface area contributed by atoms with Crippen molar-refractivity contribution < 1.29 is 9.90 Å². The lowest BCUT2D eigenvalue weighted by Gasteiger charge is -1.90. The fourth-order valence-electron chi connectivity index (χ4n) is 0.523. The van der Waals surface area contributed by atoms with Crippen molar-refractivity contribution in [2.45, 2.75) is 0 Å². The molecule has 0 aliphatic carbocycles. The first-order valence-electron chi connectivity index (χ1n) is 2.34. The van der Waals surface area contributed by atoms with Crippen LogP contribution in [-0.2, 0) is 7.05 Å². The van der Waals surface area contributed by atoms with Crippen molar-refractivity contribution >= 4 is 5.97 Å². The smallest absolute Gasteiger partial charge is 0.372 e. The molecule has 1 N–H and O–H groups in total. The van der Waals surface area contributed by atoms with Crippen LogP contribution in [0.1, 0.15) is 10.6 Å². The van der Waals surface area contributed by atoms with Gasteiger partial charge < -0.3 is 9.67 Å². The summed E-state index contributed by atoms with van der Waals surface area (Å²) in [5.41, 5.74) is 0. The molecule has 0 fully saturated rings. The van der Waals surface area contributed by atoms with Gasteiger partial charge >= 0.3 is 5.97 Å². The van der Waals surface area contributed by atoms with Crippen LogP contribution >= 0.6 is 0 Å². The Morgan fingerprint density at radius 2 is 2.67 bits per heavy atom. The van der Waals surface area contributed by atoms with E-state index in [1.807, 2.05) is 0 Å². The molecular weight excluding hydrogens is 120 g/mol. The van der Waals surface area contributed by atoms with Gasteiger partial charge in [0.05, 0.1) is 12.4 Å². The molecule has 9 heavy (non-hydrogen) atoms. The SMILES string of the molecule is Cn1[c]cnc1C(=O)O. The van der Waals surface area contributed by atoms with E-state index < -0.39 is 5.97 Å². The molecule has 4 nitrogen and oxygen atoms in total. The van der Waals surface area contributed by atoms with Crippen LogP contribution in [0.15, 0.2) is 6.20 Å². The standard InChI is InChI=1S/C5H5N2O2/c1-7-3-2-6-4(7)5(8)9/h2H,1H3,(H,8,9). The maximum absolute atomic E-state index is 10.2. The average Bonchev–Trinajstić information content (AvgIpc) is 2.13. The Bertz CT molecular complexity index is 229. The molecule has 0 aliphatic heterocycles. The first kappa shape index (κ1) is 5.81. The Morgan fingerprint density at radius 3 is 2.89 bits per heavy atom. The predicted molar refractivity (Wildman–Crippen MR) is 29.0 cm³/mol. The summed E-state index contributed by atoms with van der Waals surface area (Å²) >= 11 is 0. The van der Waals surface area contributed by atoms with Gasteiger partial charge in [-0.25, -0.2) is 9.78 Å². The van der Waals surface area contributed by atoms with Crippen molar-refractivity contribution in [1.82, 2.24) is 9.55 Å². The number of aromatic nitrogens is 2. The molecule has 0 spiro atoms. The topological polar surface area (TPSA) is 55.1 Å². The summed E-state index contributed by atoms with van der Waals surface area (Å²) in [5.74, 6) is -1.02. The van der Waals surface area contributed by atoms with E-state index in [2.05, 4.69) is 11.2 Å². The molecule has 0 aliphatic rings. The van der Waals surface area contributed by atoms with E-state index in [0.717, 1.165) is 0 Å². The number of hydrogen-bond donors (Lipinski definition) is 1. The van der Waals surface area contributed by atoms with Gasteiger partial charge in [0.1, 0.15) is 0 Å². The van der Waals surface area contributed by atoms with Gasteiger partial charge in [0, 0.05) is 7.05 Å². The van der Waals surface area contributed by atoms with E-state index in [1.165, 1.54) is 10.8 Å². The Balaban J connectivity index is 3.08. The molecule has 1 heterocycles. The Morgan fingerprint density at radius 1 is 2.00 bits per heavy atom. The maximum atomic E-state index is 10.2. The Kier molecular flexibility index (Phi) is 1.22. The predicted octanol–water partition coefficient (Wildman–Crippen LogP) is -0.0815. The van der Waals surface area contributed by atoms with Crippen LogP contribution in [0.5, 0.6) is 0 Å². The summed E-state index contributed by atoms with van der Waals surface area (Å²) in [6.07, 6.45) is 3.90. The highest BCUT2D eigenvalue weighted by Crippen LogP contribution is 1.90. The molecule has 4 heteroatoms. The van der Waals surface area contributed by atoms with Gasteiger partial charge in [0.2, 0.25) is 5.82 Å². The highest BCUT2D eigenvalue weighted by molar-refractivity contribution is 5.83. The number of nitrogens with zero attached hydrogens (tertiary/aromatic N) is 2. The second kappa shape index (κ2) is 1.89. The minimum absolute atomic E-state index is 0.00926. The lowest BCUT2D eigenvalue weighted by molar-refractivity contribution is 0.0679. The molecule has 0 atom stereocenters. The number of aryl methyl sites for hydroxylation is 1. The number of imidazole rings is 1. The van der Waals surface area contributed by atoms with Gasteiger partial charge in [-0.3, -0.25) is 0 Å². The molecule has 1 radical (unpaired) electrons. The lowest BCUT2D eigenvalue weighted by Crippen LogP contribution is -2.05. The van der Waals surface area contributed by atoms with Gasteiger partial charge in [-0.2, -0.15) is 0 Å². The van der Waals surface area contributed by atoms with E-state index in [-0.39, 0.29) is 5.82 Å². The molecule has 0 amide bonds. The highest BCUT2D eigenvalue weighted by atomic mass is 16.4. The van der Waals surface area contributed by atoms with Crippen molar-refractivity contribution in [3.05, 3.63) is 18.2 Å². The zero-order chi connectivity index (χ0) is 6.85. The average molecular weight is 125 g/mol. The second-order valence-corrected chi connectivity index (χ2v) is 1.58. The molecule has 0 aromatic carbocycles. The third-order valence-corrected chi connectivity index (χ3v) is 0.947. The first-order valence-corrected chi connectivity index (χ1v) is 2.34. The van der Waals surface area contributed by atoms with E-state index in [9.17, 15) is 4.79 Å². The fraction of sp³-hybridized carbons (Fsp3) is 0.200. The van der Waals surface area contributed by atoms with Crippen LogP contribution in [0.25, 0.3) is 0 Å². The molecule has 1 aromatic rings. The Labute approximate surface area is 51.8 Å². The molecule has 0 unspecified atom stereocenters. The monoisotopic (exact) mass is 125 g/mol. The van der Waals surface area contributed by atoms with Gasteiger partial charge in [-0.05, 0) is 0 Å². The van der Waals surface area contributed by atoms with Crippen LogP contribution in [0, 0.1) is 6.20 Å². The zero-order valence-corrected chi connectivity index (χ0v) is 4.83. The molecule has 47 valence electrons. The summed E-state index contributed by atoms with van der Waals surface area (Å²) in [6, 6.07) is 0. The summed E-state index contributed by atoms with van der Waals surface area (Å²) in [5, 5.41) is 8.35. The van der Waals surface area contributed by atoms with Gasteiger partial charge in [-0.1, -0.05) is 0 Å². The fourth-order valence-corrected chi connectivity index (χ4v) is 0.523. The van der Waals surface area contributed by atoms with E-state index in [1.54, 1.807) is 7.05 Å². The summed E-state index contributed by atoms with van der Waals surface area (Å²) < 4.78 is 1.32. The molecule has 1 rings (SSSR count). The van der Waals surface area contributed by atoms with Crippen molar-refractivity contribution in [3.63, 3.8) is 0 Å². The van der Waals surface area contributed by atoms with Gasteiger partial charge in [0.15, 0.2) is 0 Å². The van der Waals surface area contributed by atoms with Crippen molar-refractivity contribution in [1.29, 1.82) is 0 Å². The summed E-state index contributed by atoms with van der Waals surface area (Å²) in [7, 11) is 1.58. The van der Waals surface area contributed by atoms with Crippen LogP contribution in [-0.4, -0.2) is 20.6 Å². The Hall–Kier alpha value is -1.32. The number of rotatable bonds is 1. The van der Waals surface area contributed by atoms with Crippen LogP contribution in [0.2, 0.25) is 0 Å². The maximum Gasteiger partial charge on any atom is 0.372 e. The van der Waals surface area contributed by atoms with Crippen molar-refractivity contribution in [2.24, 2.45) is 7.05 Å². The van der Waals surface area contributed by atoms with Crippen LogP contribution in [0.4, 0.5) is 0 Å². The third-order valence-electron chi connectivity index (χ3n) is 0.947. The van der Waals surface area contributed by atoms with E-state index in [0.29, 0.717) is 0 Å². The molecule has 0 saturated heterocycles. The second-order valence-electron chi connectivity index (χ2n) is 1.58. The number of aromatic carboxylic acids is 1. The highest BCUT2D eigenvalue weighted by Gasteiger charge is 2.06. The van der Waals surface area contributed by atoms with Crippen molar-refractivity contribution in [2.75, 3.05) is 0 Å². The van der Waals surface area contributed by atoms with Gasteiger partial charge in [-0.15, -0.1) is 0 Å². The zero-order valence-electron chi connectivity index (χ0n) is 4.83. The number of carboxylic acids is 1. The van der Waals surface area contributed by atoms with E-state index >= 15 is 0 Å². The number of hydrogen-bond acceptors (Lipinski definition) is 2. The van der Waals surface area contributed by atoms with Crippen LogP contribution < -0.4 is 0 Å². The van der Waals surface area contributed by atoms with Crippen LogP contribution in [0.3, 0.4) is 0 Å². The minimum Gasteiger partial charge on any atom is -0.475 e. The van der Waals surface area contributed by atoms with Crippen molar-refractivity contribution in [3.8, 4) is 0 Å². The molecule has 0 saturated carbocycles. The third kappa shape index (κ3) is 0.910. The minimum atomic E-state index is -1.03.